The van der Waals surface area contributed by atoms with E-state index in [1.165, 1.54) is 0 Å². The molecule has 4 nitrogen and oxygen atoms in total. The van der Waals surface area contributed by atoms with Gasteiger partial charge in [0.05, 0.1) is 11.1 Å². The second kappa shape index (κ2) is 4.90. The van der Waals surface area contributed by atoms with Gasteiger partial charge < -0.3 is 9.47 Å². The largest absolute Gasteiger partial charge is 0.478 e. The van der Waals surface area contributed by atoms with Gasteiger partial charge in [-0.3, -0.25) is 0 Å². The first-order valence-corrected chi connectivity index (χ1v) is 6.79. The van der Waals surface area contributed by atoms with Crippen LogP contribution >= 0.6 is 0 Å². The highest BCUT2D eigenvalue weighted by Gasteiger charge is 2.27. The lowest BCUT2D eigenvalue weighted by molar-refractivity contribution is 0.271. The van der Waals surface area contributed by atoms with Crippen molar-refractivity contribution in [3.8, 4) is 0 Å². The van der Waals surface area contributed by atoms with E-state index in [-0.39, 0.29) is 11.1 Å². The van der Waals surface area contributed by atoms with Gasteiger partial charge in [0.1, 0.15) is 13.2 Å². The van der Waals surface area contributed by atoms with Crippen LogP contribution in [0.5, 0.6) is 0 Å². The Kier molecular flexibility index (Phi) is 3.64. The minimum Gasteiger partial charge on any atom is -0.478 e. The number of unbranched alkanes of at least 4 members (excludes halogenated alkanes) is 1. The van der Waals surface area contributed by atoms with E-state index < -0.39 is 0 Å². The summed E-state index contributed by atoms with van der Waals surface area (Å²) in [6.45, 7) is 9.83. The number of aliphatic imine (C=N–C) groups is 2. The summed E-state index contributed by atoms with van der Waals surface area (Å²) in [5.41, 5.74) is -0.0595. The number of rotatable bonds is 5. The lowest BCUT2D eigenvalue weighted by atomic mass is 10.1. The fraction of sp³-hybridized carbons (Fsp3) is 0.857. The lowest BCUT2D eigenvalue weighted by Crippen LogP contribution is -2.17. The van der Waals surface area contributed by atoms with Crippen molar-refractivity contribution in [3.63, 3.8) is 0 Å². The topological polar surface area (TPSA) is 43.2 Å². The van der Waals surface area contributed by atoms with Gasteiger partial charge in [-0.25, -0.2) is 9.98 Å². The Balaban J connectivity index is 1.66. The molecule has 18 heavy (non-hydrogen) atoms. The van der Waals surface area contributed by atoms with Crippen LogP contribution in [0, 0.1) is 0 Å². The summed E-state index contributed by atoms with van der Waals surface area (Å²) < 4.78 is 11.1. The van der Waals surface area contributed by atoms with E-state index in [0.717, 1.165) is 37.5 Å². The Labute approximate surface area is 109 Å². The third-order valence-corrected chi connectivity index (χ3v) is 3.07. The highest BCUT2D eigenvalue weighted by Crippen LogP contribution is 2.21. The molecular formula is C14H24N2O2. The van der Waals surface area contributed by atoms with Crippen molar-refractivity contribution in [2.75, 3.05) is 13.2 Å². The molecule has 0 radical (unpaired) electrons. The second-order valence-electron chi connectivity index (χ2n) is 6.42. The molecule has 0 unspecified atom stereocenters. The average Bonchev–Trinajstić information content (AvgIpc) is 2.76. The SMILES string of the molecule is CC1(C)COC(CCCCC2=NC(C)(C)CO2)=N1. The maximum atomic E-state index is 5.56. The van der Waals surface area contributed by atoms with Crippen LogP contribution < -0.4 is 0 Å². The molecule has 0 fully saturated rings. The van der Waals surface area contributed by atoms with E-state index in [0.29, 0.717) is 13.2 Å². The molecule has 0 saturated heterocycles. The molecule has 0 aromatic rings. The van der Waals surface area contributed by atoms with Crippen LogP contribution in [0.4, 0.5) is 0 Å². The number of ether oxygens (including phenoxy) is 2. The predicted molar refractivity (Wildman–Crippen MR) is 73.4 cm³/mol. The van der Waals surface area contributed by atoms with Crippen LogP contribution in [-0.4, -0.2) is 36.1 Å². The van der Waals surface area contributed by atoms with Gasteiger partial charge in [0.2, 0.25) is 0 Å². The first kappa shape index (κ1) is 13.4. The van der Waals surface area contributed by atoms with Gasteiger partial charge in [-0.2, -0.15) is 0 Å². The Bertz CT molecular complexity index is 334. The third kappa shape index (κ3) is 3.72. The highest BCUT2D eigenvalue weighted by atomic mass is 16.5. The van der Waals surface area contributed by atoms with Crippen LogP contribution in [0.3, 0.4) is 0 Å². The van der Waals surface area contributed by atoms with E-state index in [1.54, 1.807) is 0 Å². The van der Waals surface area contributed by atoms with Crippen LogP contribution in [0.15, 0.2) is 9.98 Å². The molecule has 0 aliphatic carbocycles. The first-order valence-electron chi connectivity index (χ1n) is 6.79. The zero-order valence-corrected chi connectivity index (χ0v) is 12.0. The maximum absolute atomic E-state index is 5.56. The van der Waals surface area contributed by atoms with Gasteiger partial charge in [0.15, 0.2) is 11.8 Å². The van der Waals surface area contributed by atoms with Crippen LogP contribution in [0.2, 0.25) is 0 Å². The molecule has 0 aromatic heterocycles. The summed E-state index contributed by atoms with van der Waals surface area (Å²) in [5.74, 6) is 1.82. The number of nitrogens with zero attached hydrogens (tertiary/aromatic N) is 2. The van der Waals surface area contributed by atoms with Gasteiger partial charge in [0, 0.05) is 12.8 Å². The molecule has 0 amide bonds. The third-order valence-electron chi connectivity index (χ3n) is 3.07. The summed E-state index contributed by atoms with van der Waals surface area (Å²) in [6, 6.07) is 0. The molecule has 0 spiro atoms. The van der Waals surface area contributed by atoms with Gasteiger partial charge >= 0.3 is 0 Å². The van der Waals surface area contributed by atoms with Crippen molar-refractivity contribution in [1.29, 1.82) is 0 Å². The fourth-order valence-electron chi connectivity index (χ4n) is 2.13. The summed E-state index contributed by atoms with van der Waals surface area (Å²) in [5, 5.41) is 0. The summed E-state index contributed by atoms with van der Waals surface area (Å²) >= 11 is 0. The van der Waals surface area contributed by atoms with Gasteiger partial charge in [0.25, 0.3) is 0 Å². The van der Waals surface area contributed by atoms with Crippen molar-refractivity contribution in [1.82, 2.24) is 0 Å². The lowest BCUT2D eigenvalue weighted by Gasteiger charge is -2.07. The molecule has 2 rings (SSSR count). The smallest absolute Gasteiger partial charge is 0.183 e. The van der Waals surface area contributed by atoms with E-state index in [2.05, 4.69) is 37.7 Å². The van der Waals surface area contributed by atoms with E-state index >= 15 is 0 Å². The molecular weight excluding hydrogens is 228 g/mol. The molecule has 0 atom stereocenters. The molecule has 2 heterocycles. The van der Waals surface area contributed by atoms with Crippen molar-refractivity contribution >= 4 is 11.8 Å². The summed E-state index contributed by atoms with van der Waals surface area (Å²) in [4.78, 5) is 9.09. The molecule has 102 valence electrons. The van der Waals surface area contributed by atoms with Gasteiger partial charge in [-0.15, -0.1) is 0 Å². The van der Waals surface area contributed by atoms with Crippen molar-refractivity contribution in [2.24, 2.45) is 9.98 Å². The Morgan fingerprint density at radius 2 is 1.22 bits per heavy atom. The second-order valence-corrected chi connectivity index (χ2v) is 6.42. The molecule has 4 heteroatoms. The quantitative estimate of drug-likeness (QED) is 0.706. The van der Waals surface area contributed by atoms with Crippen molar-refractivity contribution < 1.29 is 9.47 Å². The number of hydrogen-bond acceptors (Lipinski definition) is 4. The molecule has 2 aliphatic rings. The van der Waals surface area contributed by atoms with Crippen LogP contribution in [0.1, 0.15) is 53.4 Å². The van der Waals surface area contributed by atoms with Crippen molar-refractivity contribution in [3.05, 3.63) is 0 Å². The van der Waals surface area contributed by atoms with E-state index in [4.69, 9.17) is 9.47 Å². The Morgan fingerprint density at radius 1 is 0.833 bits per heavy atom. The maximum Gasteiger partial charge on any atom is 0.183 e. The normalized spacial score (nSPS) is 24.2. The van der Waals surface area contributed by atoms with Gasteiger partial charge in [-0.1, -0.05) is 0 Å². The minimum atomic E-state index is -0.0298. The first-order chi connectivity index (χ1) is 8.36. The molecule has 0 N–H and O–H groups in total. The molecule has 0 saturated carbocycles. The highest BCUT2D eigenvalue weighted by molar-refractivity contribution is 5.79. The van der Waals surface area contributed by atoms with E-state index in [9.17, 15) is 0 Å². The monoisotopic (exact) mass is 252 g/mol. The summed E-state index contributed by atoms with van der Waals surface area (Å²) in [6.07, 6.45) is 4.02. The molecule has 0 aromatic carbocycles. The van der Waals surface area contributed by atoms with Gasteiger partial charge in [-0.05, 0) is 40.5 Å². The zero-order valence-electron chi connectivity index (χ0n) is 12.0. The predicted octanol–water partition coefficient (Wildman–Crippen LogP) is 2.96. The summed E-state index contributed by atoms with van der Waals surface area (Å²) in [7, 11) is 0. The van der Waals surface area contributed by atoms with Crippen LogP contribution in [-0.2, 0) is 9.47 Å². The number of hydrogen-bond donors (Lipinski definition) is 0. The van der Waals surface area contributed by atoms with Crippen LogP contribution in [0.25, 0.3) is 0 Å². The Hall–Kier alpha value is -1.06. The van der Waals surface area contributed by atoms with E-state index in [1.807, 2.05) is 0 Å². The average molecular weight is 252 g/mol. The van der Waals surface area contributed by atoms with Crippen molar-refractivity contribution in [2.45, 2.75) is 64.5 Å². The molecule has 0 bridgehead atoms. The standard InChI is InChI=1S/C14H24N2O2/c1-13(2)9-17-11(15-13)7-5-6-8-12-16-14(3,4)10-18-12/h5-10H2,1-4H3. The Morgan fingerprint density at radius 3 is 1.50 bits per heavy atom. The zero-order chi connectivity index (χ0) is 13.2. The fourth-order valence-corrected chi connectivity index (χ4v) is 2.13. The minimum absolute atomic E-state index is 0.0298. The molecule has 2 aliphatic heterocycles.